The molecule has 94 valence electrons. The standard InChI is InChI=1S/C13H27N3/c1-3-11-10-15(2)8-5-9-16(11)13-7-4-6-12(13)14/h11-13H,3-10,14H2,1-2H3. The van der Waals surface area contributed by atoms with E-state index < -0.39 is 0 Å². The minimum Gasteiger partial charge on any atom is -0.326 e. The van der Waals surface area contributed by atoms with Crippen molar-refractivity contribution >= 4 is 0 Å². The van der Waals surface area contributed by atoms with Crippen LogP contribution in [0, 0.1) is 0 Å². The van der Waals surface area contributed by atoms with Crippen LogP contribution in [0.4, 0.5) is 0 Å². The molecule has 0 spiro atoms. The number of hydrogen-bond donors (Lipinski definition) is 1. The van der Waals surface area contributed by atoms with Crippen LogP contribution < -0.4 is 5.73 Å². The molecule has 1 heterocycles. The summed E-state index contributed by atoms with van der Waals surface area (Å²) < 4.78 is 0. The molecule has 0 aromatic carbocycles. The monoisotopic (exact) mass is 225 g/mol. The lowest BCUT2D eigenvalue weighted by molar-refractivity contribution is 0.120. The van der Waals surface area contributed by atoms with Gasteiger partial charge in [0.05, 0.1) is 0 Å². The highest BCUT2D eigenvalue weighted by Crippen LogP contribution is 2.26. The molecule has 1 aliphatic carbocycles. The maximum Gasteiger partial charge on any atom is 0.0250 e. The van der Waals surface area contributed by atoms with Crippen molar-refractivity contribution in [1.82, 2.24) is 9.80 Å². The van der Waals surface area contributed by atoms with Crippen LogP contribution in [0.5, 0.6) is 0 Å². The third-order valence-corrected chi connectivity index (χ3v) is 4.38. The second kappa shape index (κ2) is 5.48. The van der Waals surface area contributed by atoms with Crippen molar-refractivity contribution < 1.29 is 0 Å². The van der Waals surface area contributed by atoms with Crippen molar-refractivity contribution in [3.63, 3.8) is 0 Å². The molecule has 3 heteroatoms. The summed E-state index contributed by atoms with van der Waals surface area (Å²) in [5.74, 6) is 0. The van der Waals surface area contributed by atoms with Gasteiger partial charge >= 0.3 is 0 Å². The van der Waals surface area contributed by atoms with Gasteiger partial charge in [-0.25, -0.2) is 0 Å². The Hall–Kier alpha value is -0.120. The zero-order valence-electron chi connectivity index (χ0n) is 10.9. The van der Waals surface area contributed by atoms with Crippen molar-refractivity contribution in [1.29, 1.82) is 0 Å². The van der Waals surface area contributed by atoms with E-state index in [-0.39, 0.29) is 0 Å². The Labute approximate surface area is 100.0 Å². The molecule has 1 saturated carbocycles. The van der Waals surface area contributed by atoms with Gasteiger partial charge in [0.15, 0.2) is 0 Å². The zero-order valence-corrected chi connectivity index (χ0v) is 10.9. The fourth-order valence-electron chi connectivity index (χ4n) is 3.44. The number of rotatable bonds is 2. The van der Waals surface area contributed by atoms with Gasteiger partial charge in [0, 0.05) is 31.2 Å². The molecule has 3 atom stereocenters. The molecule has 0 aromatic heterocycles. The van der Waals surface area contributed by atoms with Crippen molar-refractivity contribution in [3.05, 3.63) is 0 Å². The molecule has 2 fully saturated rings. The van der Waals surface area contributed by atoms with Crippen molar-refractivity contribution in [2.45, 2.75) is 57.2 Å². The molecule has 0 bridgehead atoms. The fourth-order valence-corrected chi connectivity index (χ4v) is 3.44. The molecule has 3 nitrogen and oxygen atoms in total. The average Bonchev–Trinajstić information content (AvgIpc) is 2.58. The average molecular weight is 225 g/mol. The quantitative estimate of drug-likeness (QED) is 0.768. The van der Waals surface area contributed by atoms with Crippen LogP contribution in [-0.2, 0) is 0 Å². The highest BCUT2D eigenvalue weighted by atomic mass is 15.3. The maximum atomic E-state index is 6.26. The first-order valence-corrected chi connectivity index (χ1v) is 6.92. The normalized spacial score (nSPS) is 38.8. The fraction of sp³-hybridized carbons (Fsp3) is 1.00. The Balaban J connectivity index is 2.04. The molecule has 16 heavy (non-hydrogen) atoms. The number of nitrogens with two attached hydrogens (primary N) is 1. The molecule has 0 radical (unpaired) electrons. The van der Waals surface area contributed by atoms with Gasteiger partial charge < -0.3 is 10.6 Å². The molecule has 2 N–H and O–H groups in total. The van der Waals surface area contributed by atoms with Crippen LogP contribution >= 0.6 is 0 Å². The Morgan fingerprint density at radius 1 is 1.19 bits per heavy atom. The molecule has 1 aliphatic heterocycles. The number of hydrogen-bond acceptors (Lipinski definition) is 3. The van der Waals surface area contributed by atoms with E-state index in [0.29, 0.717) is 12.1 Å². The Morgan fingerprint density at radius 2 is 2.00 bits per heavy atom. The molecule has 2 rings (SSSR count). The van der Waals surface area contributed by atoms with Gasteiger partial charge in [-0.05, 0) is 39.3 Å². The summed E-state index contributed by atoms with van der Waals surface area (Å²) in [6, 6.07) is 1.82. The summed E-state index contributed by atoms with van der Waals surface area (Å²) in [6.45, 7) is 6.03. The van der Waals surface area contributed by atoms with Gasteiger partial charge in [0.1, 0.15) is 0 Å². The Morgan fingerprint density at radius 3 is 2.62 bits per heavy atom. The van der Waals surface area contributed by atoms with Crippen LogP contribution in [0.25, 0.3) is 0 Å². The molecule has 2 aliphatic rings. The van der Waals surface area contributed by atoms with Crippen LogP contribution in [0.1, 0.15) is 39.0 Å². The van der Waals surface area contributed by atoms with E-state index in [9.17, 15) is 0 Å². The van der Waals surface area contributed by atoms with Gasteiger partial charge in [0.2, 0.25) is 0 Å². The molecule has 1 saturated heterocycles. The van der Waals surface area contributed by atoms with Gasteiger partial charge in [-0.2, -0.15) is 0 Å². The van der Waals surface area contributed by atoms with E-state index in [1.165, 1.54) is 51.7 Å². The maximum absolute atomic E-state index is 6.26. The first kappa shape index (κ1) is 12.3. The number of likely N-dealkylation sites (N-methyl/N-ethyl adjacent to an activating group) is 1. The summed E-state index contributed by atoms with van der Waals surface area (Å²) in [4.78, 5) is 5.20. The molecular weight excluding hydrogens is 198 g/mol. The van der Waals surface area contributed by atoms with Gasteiger partial charge in [-0.3, -0.25) is 4.90 Å². The summed E-state index contributed by atoms with van der Waals surface area (Å²) in [5.41, 5.74) is 6.26. The molecule has 0 amide bonds. The first-order valence-electron chi connectivity index (χ1n) is 6.92. The van der Waals surface area contributed by atoms with E-state index in [0.717, 1.165) is 6.04 Å². The van der Waals surface area contributed by atoms with Crippen LogP contribution in [0.2, 0.25) is 0 Å². The van der Waals surface area contributed by atoms with E-state index >= 15 is 0 Å². The Bertz CT molecular complexity index is 219. The summed E-state index contributed by atoms with van der Waals surface area (Å²) in [5, 5.41) is 0. The highest BCUT2D eigenvalue weighted by Gasteiger charge is 2.34. The predicted molar refractivity (Wildman–Crippen MR) is 68.5 cm³/mol. The van der Waals surface area contributed by atoms with E-state index in [2.05, 4.69) is 23.8 Å². The minimum atomic E-state index is 0.428. The Kier molecular flexibility index (Phi) is 4.22. The highest BCUT2D eigenvalue weighted by molar-refractivity contribution is 4.92. The second-order valence-electron chi connectivity index (χ2n) is 5.58. The summed E-state index contributed by atoms with van der Waals surface area (Å²) in [7, 11) is 2.25. The van der Waals surface area contributed by atoms with Crippen molar-refractivity contribution in [3.8, 4) is 0 Å². The lowest BCUT2D eigenvalue weighted by Gasteiger charge is -2.37. The molecule has 3 unspecified atom stereocenters. The molecular formula is C13H27N3. The van der Waals surface area contributed by atoms with Crippen LogP contribution in [0.3, 0.4) is 0 Å². The lowest BCUT2D eigenvalue weighted by Crippen LogP contribution is -2.51. The first-order chi connectivity index (χ1) is 7.72. The minimum absolute atomic E-state index is 0.428. The third kappa shape index (κ3) is 2.58. The lowest BCUT2D eigenvalue weighted by atomic mass is 10.1. The predicted octanol–water partition coefficient (Wildman–Crippen LogP) is 1.28. The zero-order chi connectivity index (χ0) is 11.5. The van der Waals surface area contributed by atoms with E-state index in [1.54, 1.807) is 0 Å². The summed E-state index contributed by atoms with van der Waals surface area (Å²) >= 11 is 0. The number of nitrogens with zero attached hydrogens (tertiary/aromatic N) is 2. The van der Waals surface area contributed by atoms with Crippen LogP contribution in [0.15, 0.2) is 0 Å². The SMILES string of the molecule is CCC1CN(C)CCCN1C1CCCC1N. The van der Waals surface area contributed by atoms with Crippen molar-refractivity contribution in [2.24, 2.45) is 5.73 Å². The van der Waals surface area contributed by atoms with Gasteiger partial charge in [-0.1, -0.05) is 13.3 Å². The van der Waals surface area contributed by atoms with Crippen molar-refractivity contribution in [2.75, 3.05) is 26.7 Å². The van der Waals surface area contributed by atoms with Gasteiger partial charge in [-0.15, -0.1) is 0 Å². The second-order valence-corrected chi connectivity index (χ2v) is 5.58. The topological polar surface area (TPSA) is 32.5 Å². The van der Waals surface area contributed by atoms with Gasteiger partial charge in [0.25, 0.3) is 0 Å². The summed E-state index contributed by atoms with van der Waals surface area (Å²) in [6.07, 6.45) is 6.44. The molecule has 0 aromatic rings. The third-order valence-electron chi connectivity index (χ3n) is 4.38. The smallest absolute Gasteiger partial charge is 0.0250 e. The van der Waals surface area contributed by atoms with Crippen LogP contribution in [-0.4, -0.2) is 54.6 Å². The van der Waals surface area contributed by atoms with E-state index in [4.69, 9.17) is 5.73 Å². The largest absolute Gasteiger partial charge is 0.326 e. The van der Waals surface area contributed by atoms with E-state index in [1.807, 2.05) is 0 Å².